The maximum Gasteiger partial charge on any atom is 0.337 e. The lowest BCUT2D eigenvalue weighted by Crippen LogP contribution is -2.30. The van der Waals surface area contributed by atoms with Crippen LogP contribution in [-0.2, 0) is 0 Å². The van der Waals surface area contributed by atoms with Crippen LogP contribution in [0.3, 0.4) is 0 Å². The van der Waals surface area contributed by atoms with E-state index in [2.05, 4.69) is 33.0 Å². The lowest BCUT2D eigenvalue weighted by atomic mass is 9.88. The first-order chi connectivity index (χ1) is 8.12. The fraction of sp³-hybridized carbons (Fsp3) is 0.500. The van der Waals surface area contributed by atoms with E-state index in [-0.39, 0.29) is 17.0 Å². The molecule has 0 bridgehead atoms. The van der Waals surface area contributed by atoms with Gasteiger partial charge in [-0.05, 0) is 37.0 Å². The Hall–Kier alpha value is -1.71. The zero-order valence-electron chi connectivity index (χ0n) is 11.7. The molecule has 1 aromatic rings. The highest BCUT2D eigenvalue weighted by molar-refractivity contribution is 5.95. The number of hydrogen-bond donors (Lipinski definition) is 3. The molecule has 1 aromatic carbocycles. The monoisotopic (exact) mass is 250 g/mol. The molecule has 0 saturated carbocycles. The summed E-state index contributed by atoms with van der Waals surface area (Å²) in [6.07, 6.45) is 0. The molecule has 0 spiro atoms. The lowest BCUT2D eigenvalue weighted by Gasteiger charge is -2.29. The number of anilines is 2. The van der Waals surface area contributed by atoms with Crippen molar-refractivity contribution >= 4 is 17.3 Å². The molecule has 0 aliphatic rings. The molecule has 1 atom stereocenters. The second kappa shape index (κ2) is 4.88. The van der Waals surface area contributed by atoms with Crippen LogP contribution in [0.2, 0.25) is 0 Å². The molecule has 0 fully saturated rings. The minimum absolute atomic E-state index is 0.0959. The van der Waals surface area contributed by atoms with E-state index in [1.807, 2.05) is 13.0 Å². The van der Waals surface area contributed by atoms with Gasteiger partial charge in [0.2, 0.25) is 0 Å². The minimum atomic E-state index is -0.998. The summed E-state index contributed by atoms with van der Waals surface area (Å²) in [4.78, 5) is 11.1. The first kappa shape index (κ1) is 14.4. The molecule has 18 heavy (non-hydrogen) atoms. The van der Waals surface area contributed by atoms with Gasteiger partial charge in [0.1, 0.15) is 0 Å². The molecule has 1 unspecified atom stereocenters. The van der Waals surface area contributed by atoms with Gasteiger partial charge in [-0.2, -0.15) is 0 Å². The van der Waals surface area contributed by atoms with Crippen molar-refractivity contribution in [3.05, 3.63) is 23.3 Å². The number of carboxylic acids is 1. The topological polar surface area (TPSA) is 75.3 Å². The highest BCUT2D eigenvalue weighted by Crippen LogP contribution is 2.27. The van der Waals surface area contributed by atoms with Crippen LogP contribution in [0.5, 0.6) is 0 Å². The number of hydrogen-bond acceptors (Lipinski definition) is 3. The van der Waals surface area contributed by atoms with Gasteiger partial charge in [0.25, 0.3) is 0 Å². The summed E-state index contributed by atoms with van der Waals surface area (Å²) in [5.41, 5.74) is 7.91. The molecule has 4 heteroatoms. The summed E-state index contributed by atoms with van der Waals surface area (Å²) in [5, 5.41) is 12.4. The Kier molecular flexibility index (Phi) is 3.89. The van der Waals surface area contributed by atoms with E-state index < -0.39 is 5.97 Å². The summed E-state index contributed by atoms with van der Waals surface area (Å²) in [7, 11) is 0. The van der Waals surface area contributed by atoms with Crippen molar-refractivity contribution in [3.63, 3.8) is 0 Å². The van der Waals surface area contributed by atoms with E-state index in [0.717, 1.165) is 11.3 Å². The summed E-state index contributed by atoms with van der Waals surface area (Å²) >= 11 is 0. The van der Waals surface area contributed by atoms with Crippen LogP contribution in [0.15, 0.2) is 12.1 Å². The van der Waals surface area contributed by atoms with Crippen LogP contribution < -0.4 is 11.1 Å². The third kappa shape index (κ3) is 3.15. The molecular weight excluding hydrogens is 228 g/mol. The maximum absolute atomic E-state index is 11.1. The average Bonchev–Trinajstić information content (AvgIpc) is 2.21. The van der Waals surface area contributed by atoms with Crippen molar-refractivity contribution in [1.29, 1.82) is 0 Å². The van der Waals surface area contributed by atoms with Crippen molar-refractivity contribution in [2.75, 3.05) is 11.1 Å². The lowest BCUT2D eigenvalue weighted by molar-refractivity contribution is 0.0698. The van der Waals surface area contributed by atoms with Crippen LogP contribution in [-0.4, -0.2) is 17.1 Å². The fourth-order valence-corrected chi connectivity index (χ4v) is 1.53. The van der Waals surface area contributed by atoms with E-state index in [1.54, 1.807) is 6.07 Å². The Bertz CT molecular complexity index is 462. The molecule has 0 saturated heterocycles. The predicted octanol–water partition coefficient (Wildman–Crippen LogP) is 3.12. The third-order valence-electron chi connectivity index (χ3n) is 3.30. The summed E-state index contributed by atoms with van der Waals surface area (Å²) in [6, 6.07) is 3.69. The number of carbonyl (C=O) groups is 1. The van der Waals surface area contributed by atoms with Gasteiger partial charge in [-0.3, -0.25) is 0 Å². The quantitative estimate of drug-likeness (QED) is 0.720. The second-order valence-electron chi connectivity index (χ2n) is 5.79. The molecule has 0 radical (unpaired) electrons. The Morgan fingerprint density at radius 1 is 1.39 bits per heavy atom. The Balaban J connectivity index is 3.09. The molecule has 0 aliphatic carbocycles. The van der Waals surface area contributed by atoms with Gasteiger partial charge in [0.05, 0.1) is 5.56 Å². The zero-order valence-corrected chi connectivity index (χ0v) is 11.7. The van der Waals surface area contributed by atoms with Crippen molar-refractivity contribution in [2.24, 2.45) is 5.41 Å². The van der Waals surface area contributed by atoms with Gasteiger partial charge >= 0.3 is 5.97 Å². The van der Waals surface area contributed by atoms with Gasteiger partial charge < -0.3 is 16.2 Å². The predicted molar refractivity (Wildman–Crippen MR) is 75.1 cm³/mol. The number of aromatic carboxylic acids is 1. The number of nitrogens with one attached hydrogen (secondary N) is 1. The van der Waals surface area contributed by atoms with E-state index in [1.165, 1.54) is 0 Å². The van der Waals surface area contributed by atoms with E-state index in [9.17, 15) is 4.79 Å². The summed E-state index contributed by atoms with van der Waals surface area (Å²) < 4.78 is 0. The molecule has 4 N–H and O–H groups in total. The van der Waals surface area contributed by atoms with Gasteiger partial charge in [0.15, 0.2) is 0 Å². The Morgan fingerprint density at radius 3 is 2.39 bits per heavy atom. The Morgan fingerprint density at radius 2 is 1.94 bits per heavy atom. The summed E-state index contributed by atoms with van der Waals surface area (Å²) in [5.74, 6) is -0.998. The van der Waals surface area contributed by atoms with Gasteiger partial charge in [-0.1, -0.05) is 20.8 Å². The largest absolute Gasteiger partial charge is 0.478 e. The van der Waals surface area contributed by atoms with E-state index in [4.69, 9.17) is 10.8 Å². The van der Waals surface area contributed by atoms with E-state index in [0.29, 0.717) is 5.69 Å². The van der Waals surface area contributed by atoms with Crippen LogP contribution in [0.1, 0.15) is 43.6 Å². The highest BCUT2D eigenvalue weighted by Gasteiger charge is 2.20. The number of benzene rings is 1. The van der Waals surface area contributed by atoms with Gasteiger partial charge in [0, 0.05) is 17.4 Å². The van der Waals surface area contributed by atoms with Crippen molar-refractivity contribution < 1.29 is 9.90 Å². The second-order valence-corrected chi connectivity index (χ2v) is 5.79. The normalized spacial score (nSPS) is 13.2. The van der Waals surface area contributed by atoms with Gasteiger partial charge in [-0.25, -0.2) is 4.79 Å². The number of nitrogens with two attached hydrogens (primary N) is 1. The molecule has 100 valence electrons. The van der Waals surface area contributed by atoms with E-state index >= 15 is 0 Å². The standard InChI is InChI=1S/C14H22N2O2/c1-8-6-10(16-9(2)14(3,4)5)7-11(12(8)15)13(17)18/h6-7,9,16H,15H2,1-5H3,(H,17,18). The highest BCUT2D eigenvalue weighted by atomic mass is 16.4. The molecule has 0 heterocycles. The molecule has 4 nitrogen and oxygen atoms in total. The number of rotatable bonds is 3. The van der Waals surface area contributed by atoms with Crippen LogP contribution in [0.4, 0.5) is 11.4 Å². The average molecular weight is 250 g/mol. The molecule has 1 rings (SSSR count). The van der Waals surface area contributed by atoms with Crippen molar-refractivity contribution in [2.45, 2.75) is 40.7 Å². The molecule has 0 amide bonds. The van der Waals surface area contributed by atoms with Crippen LogP contribution >= 0.6 is 0 Å². The molecule has 0 aromatic heterocycles. The smallest absolute Gasteiger partial charge is 0.337 e. The van der Waals surface area contributed by atoms with Crippen molar-refractivity contribution in [3.8, 4) is 0 Å². The first-order valence-electron chi connectivity index (χ1n) is 6.03. The van der Waals surface area contributed by atoms with Crippen LogP contribution in [0, 0.1) is 12.3 Å². The molecule has 0 aliphatic heterocycles. The van der Waals surface area contributed by atoms with Crippen molar-refractivity contribution in [1.82, 2.24) is 0 Å². The SMILES string of the molecule is Cc1cc(NC(C)C(C)(C)C)cc(C(=O)O)c1N. The molecular formula is C14H22N2O2. The maximum atomic E-state index is 11.1. The zero-order chi connectivity index (χ0) is 14.1. The summed E-state index contributed by atoms with van der Waals surface area (Å²) in [6.45, 7) is 10.3. The first-order valence-corrected chi connectivity index (χ1v) is 6.03. The van der Waals surface area contributed by atoms with Crippen LogP contribution in [0.25, 0.3) is 0 Å². The van der Waals surface area contributed by atoms with Gasteiger partial charge in [-0.15, -0.1) is 0 Å². The number of nitrogen functional groups attached to an aromatic ring is 1. The number of carboxylic acid groups (broad SMARTS) is 1. The number of aryl methyl sites for hydroxylation is 1. The minimum Gasteiger partial charge on any atom is -0.478 e. The fourth-order valence-electron chi connectivity index (χ4n) is 1.53. The Labute approximate surface area is 108 Å². The third-order valence-corrected chi connectivity index (χ3v) is 3.30.